The predicted molar refractivity (Wildman–Crippen MR) is 132 cm³/mol. The first-order valence-corrected chi connectivity index (χ1v) is 12.8. The average Bonchev–Trinajstić information content (AvgIpc) is 3.45. The normalized spacial score (nSPS) is 13.4. The summed E-state index contributed by atoms with van der Waals surface area (Å²) < 4.78 is 38.5. The van der Waals surface area contributed by atoms with Gasteiger partial charge in [-0.05, 0) is 48.5 Å². The molecule has 4 rings (SSSR count). The van der Waals surface area contributed by atoms with E-state index in [1.165, 1.54) is 36.5 Å². The Balaban J connectivity index is 1.65. The van der Waals surface area contributed by atoms with Gasteiger partial charge in [0.15, 0.2) is 11.6 Å². The number of amides is 2. The van der Waals surface area contributed by atoms with Crippen molar-refractivity contribution in [2.45, 2.75) is 0 Å². The molecule has 0 atom stereocenters. The molecule has 0 radical (unpaired) electrons. The molecule has 0 bridgehead atoms. The minimum absolute atomic E-state index is 0.0236. The van der Waals surface area contributed by atoms with E-state index in [4.69, 9.17) is 21.7 Å². The van der Waals surface area contributed by atoms with Crippen molar-refractivity contribution in [2.75, 3.05) is 34.1 Å². The van der Waals surface area contributed by atoms with Crippen LogP contribution in [0.2, 0.25) is 4.34 Å². The van der Waals surface area contributed by atoms with Crippen molar-refractivity contribution in [2.24, 2.45) is 0 Å². The van der Waals surface area contributed by atoms with Gasteiger partial charge in [0, 0.05) is 17.6 Å². The fourth-order valence-corrected chi connectivity index (χ4v) is 4.84. The summed E-state index contributed by atoms with van der Waals surface area (Å²) in [6.07, 6.45) is 1.32. The molecule has 3 heterocycles. The Morgan fingerprint density at radius 2 is 1.97 bits per heavy atom. The molecule has 1 aliphatic heterocycles. The summed E-state index contributed by atoms with van der Waals surface area (Å²) in [6.45, 7) is 0.831. The summed E-state index contributed by atoms with van der Waals surface area (Å²) >= 11 is 6.93. The highest BCUT2D eigenvalue weighted by Crippen LogP contribution is 2.27. The van der Waals surface area contributed by atoms with E-state index in [0.29, 0.717) is 28.1 Å². The van der Waals surface area contributed by atoms with Gasteiger partial charge in [0.05, 0.1) is 21.4 Å². The van der Waals surface area contributed by atoms with Crippen molar-refractivity contribution in [1.29, 1.82) is 5.41 Å². The number of rotatable bonds is 7. The Morgan fingerprint density at radius 3 is 2.57 bits per heavy atom. The van der Waals surface area contributed by atoms with Crippen molar-refractivity contribution in [1.82, 2.24) is 4.98 Å². The zero-order valence-corrected chi connectivity index (χ0v) is 20.2. The highest BCUT2D eigenvalue weighted by molar-refractivity contribution is 7.85. The molecule has 1 aromatic carbocycles. The van der Waals surface area contributed by atoms with Gasteiger partial charge < -0.3 is 10.1 Å². The zero-order chi connectivity index (χ0) is 25.2. The second-order valence-corrected chi connectivity index (χ2v) is 10.4. The van der Waals surface area contributed by atoms with Crippen LogP contribution in [0.4, 0.5) is 17.1 Å². The molecule has 182 valence electrons. The maximum absolute atomic E-state index is 13.4. The molecular formula is C21H18ClN5O6S2. The molecule has 11 nitrogen and oxygen atoms in total. The molecule has 3 aromatic rings. The maximum atomic E-state index is 13.4. The van der Waals surface area contributed by atoms with Gasteiger partial charge in [-0.3, -0.25) is 29.4 Å². The van der Waals surface area contributed by atoms with Crippen molar-refractivity contribution in [3.8, 4) is 0 Å². The number of hydrogen-bond donors (Lipinski definition) is 3. The molecule has 1 saturated heterocycles. The molecule has 2 aromatic heterocycles. The fourth-order valence-electron chi connectivity index (χ4n) is 3.31. The number of ether oxygens (including phenoxy) is 1. The van der Waals surface area contributed by atoms with Crippen LogP contribution in [0, 0.1) is 5.41 Å². The standard InChI is InChI=1S/C21H18ClN5O6S2/c22-17-8-7-16(34-17)19(28)25-15-2-1-9-24-18(15)20(29)27(12-35(30,31)32)14-5-3-13(4-6-14)26-10-11-33-21(26)23/h1-9,23H,10-12H2,(H,25,28)(H,30,31,32). The second-order valence-electron chi connectivity index (χ2n) is 7.22. The molecule has 35 heavy (non-hydrogen) atoms. The van der Waals surface area contributed by atoms with Crippen LogP contribution in [0.3, 0.4) is 0 Å². The predicted octanol–water partition coefficient (Wildman–Crippen LogP) is 3.31. The topological polar surface area (TPSA) is 153 Å². The third kappa shape index (κ3) is 5.77. The molecule has 0 saturated carbocycles. The van der Waals surface area contributed by atoms with Gasteiger partial charge in [0.2, 0.25) is 0 Å². The molecule has 0 spiro atoms. The largest absolute Gasteiger partial charge is 0.463 e. The first kappa shape index (κ1) is 24.6. The fraction of sp³-hybridized carbons (Fsp3) is 0.143. The highest BCUT2D eigenvalue weighted by atomic mass is 35.5. The molecule has 0 unspecified atom stereocenters. The van der Waals surface area contributed by atoms with Crippen LogP contribution in [0.15, 0.2) is 54.7 Å². The summed E-state index contributed by atoms with van der Waals surface area (Å²) in [6, 6.07) is 12.1. The lowest BCUT2D eigenvalue weighted by Gasteiger charge is -2.23. The van der Waals surface area contributed by atoms with E-state index >= 15 is 0 Å². The Kier molecular flexibility index (Phi) is 7.03. The molecule has 1 aliphatic rings. The van der Waals surface area contributed by atoms with Crippen LogP contribution in [-0.2, 0) is 14.9 Å². The molecular weight excluding hydrogens is 518 g/mol. The Bertz CT molecular complexity index is 1390. The number of nitrogens with zero attached hydrogens (tertiary/aromatic N) is 3. The van der Waals surface area contributed by atoms with Crippen LogP contribution in [0.1, 0.15) is 20.2 Å². The summed E-state index contributed by atoms with van der Waals surface area (Å²) in [5.41, 5.74) is 0.574. The number of anilines is 3. The quantitative estimate of drug-likeness (QED) is 0.389. The van der Waals surface area contributed by atoms with E-state index in [0.717, 1.165) is 16.2 Å². The monoisotopic (exact) mass is 535 g/mol. The molecule has 1 fully saturated rings. The number of carbonyl (C=O) groups excluding carboxylic acids is 2. The third-order valence-electron chi connectivity index (χ3n) is 4.86. The Hall–Kier alpha value is -3.52. The molecule has 2 amide bonds. The summed E-state index contributed by atoms with van der Waals surface area (Å²) in [7, 11) is -4.62. The van der Waals surface area contributed by atoms with Crippen molar-refractivity contribution >= 4 is 68.0 Å². The van der Waals surface area contributed by atoms with Crippen LogP contribution >= 0.6 is 22.9 Å². The van der Waals surface area contributed by atoms with E-state index in [2.05, 4.69) is 10.3 Å². The van der Waals surface area contributed by atoms with E-state index in [1.807, 2.05) is 0 Å². The van der Waals surface area contributed by atoms with Gasteiger partial charge in [-0.1, -0.05) is 11.6 Å². The van der Waals surface area contributed by atoms with E-state index in [-0.39, 0.29) is 23.1 Å². The van der Waals surface area contributed by atoms with Gasteiger partial charge in [-0.25, -0.2) is 4.98 Å². The first-order valence-electron chi connectivity index (χ1n) is 10.00. The van der Waals surface area contributed by atoms with E-state index in [1.54, 1.807) is 23.1 Å². The summed E-state index contributed by atoms with van der Waals surface area (Å²) in [5.74, 6) is -2.43. The molecule has 3 N–H and O–H groups in total. The zero-order valence-electron chi connectivity index (χ0n) is 17.8. The number of amidine groups is 1. The van der Waals surface area contributed by atoms with E-state index < -0.39 is 27.8 Å². The molecule has 0 aliphatic carbocycles. The first-order chi connectivity index (χ1) is 16.6. The summed E-state index contributed by atoms with van der Waals surface area (Å²) in [4.78, 5) is 32.8. The number of pyridine rings is 1. The number of carbonyl (C=O) groups is 2. The van der Waals surface area contributed by atoms with E-state index in [9.17, 15) is 22.6 Å². The van der Waals surface area contributed by atoms with Crippen LogP contribution in [0.5, 0.6) is 0 Å². The Labute approximate surface area is 209 Å². The van der Waals surface area contributed by atoms with Gasteiger partial charge in [-0.15, -0.1) is 11.3 Å². The van der Waals surface area contributed by atoms with Crippen LogP contribution < -0.4 is 15.1 Å². The van der Waals surface area contributed by atoms with Gasteiger partial charge >= 0.3 is 0 Å². The minimum atomic E-state index is -4.62. The smallest absolute Gasteiger partial charge is 0.289 e. The second kappa shape index (κ2) is 10.00. The van der Waals surface area contributed by atoms with Crippen LogP contribution in [0.25, 0.3) is 0 Å². The number of benzene rings is 1. The number of hydrogen-bond acceptors (Lipinski definition) is 8. The molecule has 14 heteroatoms. The SMILES string of the molecule is N=C1OCCN1c1ccc(N(CS(=O)(=O)O)C(=O)c2ncccc2NC(=O)c2ccc(Cl)s2)cc1. The summed E-state index contributed by atoms with van der Waals surface area (Å²) in [5, 5.41) is 10.4. The van der Waals surface area contributed by atoms with Gasteiger partial charge in [0.25, 0.3) is 28.0 Å². The van der Waals surface area contributed by atoms with Crippen molar-refractivity contribution in [3.05, 3.63) is 69.6 Å². The number of nitrogens with one attached hydrogen (secondary N) is 2. The highest BCUT2D eigenvalue weighted by Gasteiger charge is 2.27. The van der Waals surface area contributed by atoms with Crippen molar-refractivity contribution < 1.29 is 27.3 Å². The average molecular weight is 536 g/mol. The maximum Gasteiger partial charge on any atom is 0.289 e. The van der Waals surface area contributed by atoms with Gasteiger partial charge in [-0.2, -0.15) is 8.42 Å². The lowest BCUT2D eigenvalue weighted by atomic mass is 10.2. The number of thiophene rings is 1. The Morgan fingerprint density at radius 1 is 1.23 bits per heavy atom. The number of halogens is 1. The minimum Gasteiger partial charge on any atom is -0.463 e. The van der Waals surface area contributed by atoms with Crippen LogP contribution in [-0.4, -0.2) is 54.8 Å². The lowest BCUT2D eigenvalue weighted by molar-refractivity contribution is 0.0986. The van der Waals surface area contributed by atoms with Crippen molar-refractivity contribution in [3.63, 3.8) is 0 Å². The lowest BCUT2D eigenvalue weighted by Crippen LogP contribution is -2.36. The van der Waals surface area contributed by atoms with Gasteiger partial charge in [0.1, 0.15) is 6.61 Å². The number of aromatic nitrogens is 1. The third-order valence-corrected chi connectivity index (χ3v) is 6.68.